The zero-order valence-corrected chi connectivity index (χ0v) is 13.8. The zero-order chi connectivity index (χ0) is 15.1. The van der Waals surface area contributed by atoms with E-state index in [1.807, 2.05) is 19.9 Å². The van der Waals surface area contributed by atoms with E-state index in [1.54, 1.807) is 6.07 Å². The maximum absolute atomic E-state index is 12.6. The van der Waals surface area contributed by atoms with Crippen LogP contribution in [0.3, 0.4) is 0 Å². The average molecular weight is 295 g/mol. The first-order valence-electron chi connectivity index (χ1n) is 7.35. The number of hydrogen-bond donors (Lipinski definition) is 1. The molecule has 0 aromatic heterocycles. The van der Waals surface area contributed by atoms with Crippen LogP contribution in [0.2, 0.25) is 0 Å². The second-order valence-electron chi connectivity index (χ2n) is 6.53. The van der Waals surface area contributed by atoms with E-state index in [-0.39, 0.29) is 16.7 Å². The number of nitrogens with one attached hydrogen (secondary N) is 1. The van der Waals surface area contributed by atoms with E-state index in [9.17, 15) is 8.42 Å². The third-order valence-electron chi connectivity index (χ3n) is 4.11. The summed E-state index contributed by atoms with van der Waals surface area (Å²) in [6.45, 7) is 11.2. The maximum atomic E-state index is 12.6. The lowest BCUT2D eigenvalue weighted by molar-refractivity contribution is 0.503. The third kappa shape index (κ3) is 2.40. The molecular weight excluding hydrogens is 270 g/mol. The van der Waals surface area contributed by atoms with Gasteiger partial charge in [0.1, 0.15) is 0 Å². The van der Waals surface area contributed by atoms with Gasteiger partial charge >= 0.3 is 0 Å². The Balaban J connectivity index is 2.61. The van der Waals surface area contributed by atoms with Gasteiger partial charge in [-0.15, -0.1) is 0 Å². The van der Waals surface area contributed by atoms with Crippen molar-refractivity contribution in [3.63, 3.8) is 0 Å². The van der Waals surface area contributed by atoms with Crippen LogP contribution in [0.4, 0.5) is 0 Å². The molecule has 0 fully saturated rings. The van der Waals surface area contributed by atoms with E-state index in [0.29, 0.717) is 11.3 Å². The van der Waals surface area contributed by atoms with E-state index in [1.165, 1.54) is 5.56 Å². The van der Waals surface area contributed by atoms with Gasteiger partial charge in [-0.25, -0.2) is 8.42 Å². The Morgan fingerprint density at radius 3 is 2.35 bits per heavy atom. The SMILES string of the molecule is CCNC1c2cc(C(C)(C)C)ccc2S(=O)(=O)C1CC. The molecule has 2 atom stereocenters. The molecule has 0 spiro atoms. The highest BCUT2D eigenvalue weighted by Gasteiger charge is 2.43. The Bertz CT molecular complexity index is 599. The molecule has 2 rings (SSSR count). The Kier molecular flexibility index (Phi) is 4.00. The Morgan fingerprint density at radius 2 is 1.85 bits per heavy atom. The fourth-order valence-corrected chi connectivity index (χ4v) is 5.11. The van der Waals surface area contributed by atoms with Crippen molar-refractivity contribution >= 4 is 9.84 Å². The van der Waals surface area contributed by atoms with Crippen molar-refractivity contribution in [2.45, 2.75) is 62.6 Å². The summed E-state index contributed by atoms with van der Waals surface area (Å²) < 4.78 is 25.2. The zero-order valence-electron chi connectivity index (χ0n) is 13.0. The second-order valence-corrected chi connectivity index (χ2v) is 8.67. The van der Waals surface area contributed by atoms with Crippen molar-refractivity contribution in [3.8, 4) is 0 Å². The van der Waals surface area contributed by atoms with Crippen molar-refractivity contribution < 1.29 is 8.42 Å². The minimum atomic E-state index is -3.19. The van der Waals surface area contributed by atoms with Gasteiger partial charge in [0.15, 0.2) is 9.84 Å². The standard InChI is InChI=1S/C16H25NO2S/c1-6-13-15(17-7-2)12-10-11(16(3,4)5)8-9-14(12)20(13,18)19/h8-10,13,15,17H,6-7H2,1-5H3. The minimum Gasteiger partial charge on any atom is -0.309 e. The number of fused-ring (bicyclic) bond motifs is 1. The van der Waals surface area contributed by atoms with Crippen LogP contribution in [0.25, 0.3) is 0 Å². The molecule has 2 unspecified atom stereocenters. The number of rotatable bonds is 3. The first kappa shape index (κ1) is 15.5. The quantitative estimate of drug-likeness (QED) is 0.931. The van der Waals surface area contributed by atoms with Gasteiger partial charge in [0.2, 0.25) is 0 Å². The molecular formula is C16H25NO2S. The summed E-state index contributed by atoms with van der Waals surface area (Å²) in [6, 6.07) is 5.76. The fourth-order valence-electron chi connectivity index (χ4n) is 2.98. The summed E-state index contributed by atoms with van der Waals surface area (Å²) in [5.74, 6) is 0. The molecule has 1 heterocycles. The normalized spacial score (nSPS) is 24.6. The van der Waals surface area contributed by atoms with E-state index in [2.05, 4.69) is 32.2 Å². The molecule has 3 nitrogen and oxygen atoms in total. The van der Waals surface area contributed by atoms with Crippen molar-refractivity contribution in [2.24, 2.45) is 0 Å². The van der Waals surface area contributed by atoms with Crippen LogP contribution in [0.5, 0.6) is 0 Å². The van der Waals surface area contributed by atoms with Crippen molar-refractivity contribution in [1.29, 1.82) is 0 Å². The van der Waals surface area contributed by atoms with E-state index < -0.39 is 9.84 Å². The van der Waals surface area contributed by atoms with Gasteiger partial charge in [-0.05, 0) is 35.6 Å². The molecule has 1 aliphatic rings. The van der Waals surface area contributed by atoms with E-state index in [4.69, 9.17) is 0 Å². The summed E-state index contributed by atoms with van der Waals surface area (Å²) in [4.78, 5) is 0.517. The van der Waals surface area contributed by atoms with E-state index in [0.717, 1.165) is 12.1 Å². The van der Waals surface area contributed by atoms with Crippen LogP contribution in [0.1, 0.15) is 58.2 Å². The topological polar surface area (TPSA) is 46.2 Å². The van der Waals surface area contributed by atoms with Gasteiger partial charge < -0.3 is 5.32 Å². The summed E-state index contributed by atoms with van der Waals surface area (Å²) in [5.41, 5.74) is 2.16. The van der Waals surface area contributed by atoms with Crippen molar-refractivity contribution in [1.82, 2.24) is 5.32 Å². The number of sulfone groups is 1. The highest BCUT2D eigenvalue weighted by molar-refractivity contribution is 7.92. The van der Waals surface area contributed by atoms with Crippen LogP contribution in [0.15, 0.2) is 23.1 Å². The summed E-state index contributed by atoms with van der Waals surface area (Å²) in [6.07, 6.45) is 0.638. The molecule has 112 valence electrons. The summed E-state index contributed by atoms with van der Waals surface area (Å²) >= 11 is 0. The van der Waals surface area contributed by atoms with Gasteiger partial charge in [0.05, 0.1) is 16.2 Å². The van der Waals surface area contributed by atoms with Crippen LogP contribution in [-0.2, 0) is 15.3 Å². The molecule has 1 aliphatic heterocycles. The summed E-state index contributed by atoms with van der Waals surface area (Å²) in [7, 11) is -3.19. The predicted molar refractivity (Wildman–Crippen MR) is 82.8 cm³/mol. The number of benzene rings is 1. The molecule has 1 aromatic rings. The Hall–Kier alpha value is -0.870. The van der Waals surface area contributed by atoms with Gasteiger partial charge in [-0.2, -0.15) is 0 Å². The molecule has 20 heavy (non-hydrogen) atoms. The molecule has 0 saturated carbocycles. The van der Waals surface area contributed by atoms with Crippen LogP contribution < -0.4 is 5.32 Å². The highest BCUT2D eigenvalue weighted by Crippen LogP contribution is 2.42. The Labute approximate surface area is 122 Å². The molecule has 1 aromatic carbocycles. The van der Waals surface area contributed by atoms with Crippen LogP contribution in [-0.4, -0.2) is 20.2 Å². The third-order valence-corrected chi connectivity index (χ3v) is 6.50. The minimum absolute atomic E-state index is 0.0276. The molecule has 4 heteroatoms. The Morgan fingerprint density at radius 1 is 1.20 bits per heavy atom. The van der Waals surface area contributed by atoms with Gasteiger partial charge in [-0.1, -0.05) is 46.8 Å². The fraction of sp³-hybridized carbons (Fsp3) is 0.625. The van der Waals surface area contributed by atoms with Gasteiger partial charge in [-0.3, -0.25) is 0 Å². The van der Waals surface area contributed by atoms with Gasteiger partial charge in [0.25, 0.3) is 0 Å². The van der Waals surface area contributed by atoms with Gasteiger partial charge in [0, 0.05) is 0 Å². The predicted octanol–water partition coefficient (Wildman–Crippen LogP) is 3.20. The molecule has 0 radical (unpaired) electrons. The smallest absolute Gasteiger partial charge is 0.183 e. The lowest BCUT2D eigenvalue weighted by atomic mass is 9.85. The highest BCUT2D eigenvalue weighted by atomic mass is 32.2. The van der Waals surface area contributed by atoms with E-state index >= 15 is 0 Å². The molecule has 0 saturated heterocycles. The average Bonchev–Trinajstić information content (AvgIpc) is 2.57. The first-order chi connectivity index (χ1) is 9.23. The first-order valence-corrected chi connectivity index (χ1v) is 8.89. The molecule has 0 amide bonds. The lowest BCUT2D eigenvalue weighted by Gasteiger charge is -2.22. The molecule has 1 N–H and O–H groups in total. The van der Waals surface area contributed by atoms with Crippen molar-refractivity contribution in [3.05, 3.63) is 29.3 Å². The van der Waals surface area contributed by atoms with Crippen molar-refractivity contribution in [2.75, 3.05) is 6.54 Å². The monoisotopic (exact) mass is 295 g/mol. The maximum Gasteiger partial charge on any atom is 0.183 e. The summed E-state index contributed by atoms with van der Waals surface area (Å²) in [5, 5.41) is 3.02. The van der Waals surface area contributed by atoms with Crippen LogP contribution in [0, 0.1) is 0 Å². The number of hydrogen-bond acceptors (Lipinski definition) is 3. The molecule has 0 aliphatic carbocycles. The largest absolute Gasteiger partial charge is 0.309 e. The second kappa shape index (κ2) is 5.15. The lowest BCUT2D eigenvalue weighted by Crippen LogP contribution is -2.31. The molecule has 0 bridgehead atoms. The van der Waals surface area contributed by atoms with Crippen LogP contribution >= 0.6 is 0 Å².